The summed E-state index contributed by atoms with van der Waals surface area (Å²) in [7, 11) is 6.32. The number of hydrogen-bond donors (Lipinski definition) is 2. The number of urea groups is 2. The van der Waals surface area contributed by atoms with Crippen molar-refractivity contribution in [2.24, 2.45) is 0 Å². The predicted octanol–water partition coefficient (Wildman–Crippen LogP) is -0.556. The highest BCUT2D eigenvalue weighted by Crippen LogP contribution is 1.76. The summed E-state index contributed by atoms with van der Waals surface area (Å²) in [6.45, 7) is 0. The molecule has 0 bridgehead atoms. The molecule has 0 saturated carbocycles. The fourth-order valence-electron chi connectivity index (χ4n) is 0.331. The van der Waals surface area contributed by atoms with E-state index in [1.165, 1.54) is 9.80 Å². The van der Waals surface area contributed by atoms with Crippen LogP contribution in [-0.2, 0) is 0 Å². The Labute approximate surface area is 71.5 Å². The summed E-state index contributed by atoms with van der Waals surface area (Å²) in [5.74, 6) is 0. The summed E-state index contributed by atoms with van der Waals surface area (Å²) in [5.41, 5.74) is 4.42. The second kappa shape index (κ2) is 4.42. The lowest BCUT2D eigenvalue weighted by molar-refractivity contribution is 0.198. The first-order chi connectivity index (χ1) is 5.45. The second-order valence-corrected chi connectivity index (χ2v) is 2.65. The third-order valence-corrected chi connectivity index (χ3v) is 1.09. The predicted molar refractivity (Wildman–Crippen MR) is 44.4 cm³/mol. The first-order valence-corrected chi connectivity index (χ1v) is 3.39. The first-order valence-electron chi connectivity index (χ1n) is 3.39. The van der Waals surface area contributed by atoms with Crippen molar-refractivity contribution in [2.75, 3.05) is 28.2 Å². The molecule has 0 aromatic carbocycles. The van der Waals surface area contributed by atoms with E-state index >= 15 is 0 Å². The summed E-state index contributed by atoms with van der Waals surface area (Å²) >= 11 is 0. The lowest BCUT2D eigenvalue weighted by atomic mass is 10.8. The molecule has 2 N–H and O–H groups in total. The highest BCUT2D eigenvalue weighted by Gasteiger charge is 2.05. The van der Waals surface area contributed by atoms with E-state index in [4.69, 9.17) is 0 Å². The van der Waals surface area contributed by atoms with Gasteiger partial charge in [-0.25, -0.2) is 20.4 Å². The SMILES string of the molecule is CN(C)C(=O)NNC(=O)N(C)C. The van der Waals surface area contributed by atoms with Crippen molar-refractivity contribution in [1.29, 1.82) is 0 Å². The second-order valence-electron chi connectivity index (χ2n) is 2.65. The summed E-state index contributed by atoms with van der Waals surface area (Å²) in [5, 5.41) is 0. The van der Waals surface area contributed by atoms with E-state index in [0.717, 1.165) is 0 Å². The van der Waals surface area contributed by atoms with Gasteiger partial charge < -0.3 is 9.80 Å². The summed E-state index contributed by atoms with van der Waals surface area (Å²) in [6.07, 6.45) is 0. The minimum Gasteiger partial charge on any atom is -0.330 e. The molecule has 0 spiro atoms. The van der Waals surface area contributed by atoms with Crippen molar-refractivity contribution in [3.63, 3.8) is 0 Å². The van der Waals surface area contributed by atoms with Crippen LogP contribution in [0.2, 0.25) is 0 Å². The van der Waals surface area contributed by atoms with Gasteiger partial charge in [0.05, 0.1) is 0 Å². The average molecular weight is 174 g/mol. The van der Waals surface area contributed by atoms with E-state index in [9.17, 15) is 9.59 Å². The molecule has 0 fully saturated rings. The zero-order valence-electron chi connectivity index (χ0n) is 7.71. The maximum absolute atomic E-state index is 10.9. The molecule has 0 aliphatic rings. The normalized spacial score (nSPS) is 8.67. The van der Waals surface area contributed by atoms with Crippen molar-refractivity contribution in [2.45, 2.75) is 0 Å². The van der Waals surface area contributed by atoms with Gasteiger partial charge in [-0.15, -0.1) is 0 Å². The van der Waals surface area contributed by atoms with E-state index in [-0.39, 0.29) is 12.1 Å². The van der Waals surface area contributed by atoms with Gasteiger partial charge in [0.25, 0.3) is 0 Å². The topological polar surface area (TPSA) is 64.7 Å². The van der Waals surface area contributed by atoms with Gasteiger partial charge in [0, 0.05) is 28.2 Å². The Morgan fingerprint density at radius 2 is 1.08 bits per heavy atom. The van der Waals surface area contributed by atoms with Crippen LogP contribution in [0.1, 0.15) is 0 Å². The Kier molecular flexibility index (Phi) is 3.89. The van der Waals surface area contributed by atoms with E-state index in [1.54, 1.807) is 28.2 Å². The molecule has 70 valence electrons. The Morgan fingerprint density at radius 1 is 0.833 bits per heavy atom. The van der Waals surface area contributed by atoms with E-state index in [0.29, 0.717) is 0 Å². The number of rotatable bonds is 0. The van der Waals surface area contributed by atoms with Crippen molar-refractivity contribution >= 4 is 12.1 Å². The Hall–Kier alpha value is -1.46. The summed E-state index contributed by atoms with van der Waals surface area (Å²) < 4.78 is 0. The van der Waals surface area contributed by atoms with Crippen molar-refractivity contribution < 1.29 is 9.59 Å². The first kappa shape index (κ1) is 10.5. The molecular weight excluding hydrogens is 160 g/mol. The number of hydrazine groups is 1. The van der Waals surface area contributed by atoms with Crippen LogP contribution in [0.5, 0.6) is 0 Å². The Morgan fingerprint density at radius 3 is 1.25 bits per heavy atom. The third-order valence-electron chi connectivity index (χ3n) is 1.09. The molecule has 0 saturated heterocycles. The number of nitrogens with zero attached hydrogens (tertiary/aromatic N) is 2. The van der Waals surface area contributed by atoms with Gasteiger partial charge in [-0.1, -0.05) is 0 Å². The Balaban J connectivity index is 3.69. The lowest BCUT2D eigenvalue weighted by Crippen LogP contribution is -2.49. The van der Waals surface area contributed by atoms with Crippen LogP contribution in [0.3, 0.4) is 0 Å². The van der Waals surface area contributed by atoms with Crippen LogP contribution < -0.4 is 10.9 Å². The van der Waals surface area contributed by atoms with Gasteiger partial charge in [-0.05, 0) is 0 Å². The van der Waals surface area contributed by atoms with E-state index in [1.807, 2.05) is 0 Å². The molecule has 0 aromatic rings. The van der Waals surface area contributed by atoms with E-state index in [2.05, 4.69) is 10.9 Å². The van der Waals surface area contributed by atoms with Crippen molar-refractivity contribution in [3.05, 3.63) is 0 Å². The minimum atomic E-state index is -0.370. The van der Waals surface area contributed by atoms with Crippen LogP contribution in [0.25, 0.3) is 0 Å². The minimum absolute atomic E-state index is 0.370. The van der Waals surface area contributed by atoms with E-state index < -0.39 is 0 Å². The molecule has 0 aliphatic heterocycles. The highest BCUT2D eigenvalue weighted by molar-refractivity contribution is 5.79. The number of hydrogen-bond acceptors (Lipinski definition) is 2. The van der Waals surface area contributed by atoms with Gasteiger partial charge in [0.1, 0.15) is 0 Å². The van der Waals surface area contributed by atoms with Gasteiger partial charge in [0.15, 0.2) is 0 Å². The monoisotopic (exact) mass is 174 g/mol. The maximum Gasteiger partial charge on any atom is 0.335 e. The summed E-state index contributed by atoms with van der Waals surface area (Å²) in [6, 6.07) is -0.740. The van der Waals surface area contributed by atoms with Gasteiger partial charge in [0.2, 0.25) is 0 Å². The lowest BCUT2D eigenvalue weighted by Gasteiger charge is -2.15. The number of carbonyl (C=O) groups is 2. The van der Waals surface area contributed by atoms with Crippen LogP contribution >= 0.6 is 0 Å². The van der Waals surface area contributed by atoms with Crippen molar-refractivity contribution in [3.8, 4) is 0 Å². The van der Waals surface area contributed by atoms with Crippen molar-refractivity contribution in [1.82, 2.24) is 20.7 Å². The molecular formula is C6H14N4O2. The molecule has 0 aromatic heterocycles. The van der Waals surface area contributed by atoms with Crippen LogP contribution in [0.4, 0.5) is 9.59 Å². The number of carbonyl (C=O) groups excluding carboxylic acids is 2. The average Bonchev–Trinajstić information content (AvgIpc) is 1.98. The smallest absolute Gasteiger partial charge is 0.330 e. The molecule has 0 atom stereocenters. The third kappa shape index (κ3) is 3.65. The molecule has 0 unspecified atom stereocenters. The van der Waals surface area contributed by atoms with Crippen LogP contribution in [-0.4, -0.2) is 50.1 Å². The fraction of sp³-hybridized carbons (Fsp3) is 0.667. The number of amides is 4. The quantitative estimate of drug-likeness (QED) is 0.484. The highest BCUT2D eigenvalue weighted by atomic mass is 16.2. The number of nitrogens with one attached hydrogen (secondary N) is 2. The van der Waals surface area contributed by atoms with Crippen LogP contribution in [0.15, 0.2) is 0 Å². The molecule has 6 heteroatoms. The molecule has 6 nitrogen and oxygen atoms in total. The van der Waals surface area contributed by atoms with Crippen LogP contribution in [0, 0.1) is 0 Å². The largest absolute Gasteiger partial charge is 0.335 e. The Bertz CT molecular complexity index is 158. The standard InChI is InChI=1S/C6H14N4O2/c1-9(2)5(11)7-8-6(12)10(3)4/h1-4H3,(H,7,11)(H,8,12). The zero-order valence-corrected chi connectivity index (χ0v) is 7.71. The van der Waals surface area contributed by atoms with Gasteiger partial charge in [-0.3, -0.25) is 0 Å². The molecule has 12 heavy (non-hydrogen) atoms. The molecule has 0 heterocycles. The molecule has 4 amide bonds. The summed E-state index contributed by atoms with van der Waals surface area (Å²) in [4.78, 5) is 24.3. The molecule has 0 aliphatic carbocycles. The molecule has 0 radical (unpaired) electrons. The molecule has 0 rings (SSSR count). The fourth-order valence-corrected chi connectivity index (χ4v) is 0.331. The zero-order chi connectivity index (χ0) is 9.72. The maximum atomic E-state index is 10.9. The van der Waals surface area contributed by atoms with Gasteiger partial charge in [-0.2, -0.15) is 0 Å². The van der Waals surface area contributed by atoms with Gasteiger partial charge >= 0.3 is 12.1 Å².